The maximum absolute atomic E-state index is 14.5. The summed E-state index contributed by atoms with van der Waals surface area (Å²) in [5.41, 5.74) is 2.19. The molecule has 0 aromatic heterocycles. The second-order valence-electron chi connectivity index (χ2n) is 9.72. The van der Waals surface area contributed by atoms with Crippen LogP contribution in [0.4, 0.5) is 20.6 Å². The standard InChI is InChI=1S/C30H42FN3O2S/c1-3-4-5-6-7-8-9-10-11-12-18-36-29-17-16-27(20-28(29)31)33-30(35)32-26-15-13-14-25(19-26)22-34-21-24(2)37-23-34/h13-17,19-21H,3-12,18,22-23H2,1-2H3,(H2,32,33,35). The second-order valence-corrected chi connectivity index (χ2v) is 10.9. The SMILES string of the molecule is CCCCCCCCCCCCOc1ccc(NC(=O)Nc2cccc(CN3C=C(C)SC3)c2)cc1F. The number of thioether (sulfide) groups is 1. The van der Waals surface area contributed by atoms with Gasteiger partial charge in [0.05, 0.1) is 12.5 Å². The lowest BCUT2D eigenvalue weighted by Gasteiger charge is -2.15. The number of carbonyl (C=O) groups is 1. The van der Waals surface area contributed by atoms with Gasteiger partial charge in [0.15, 0.2) is 11.6 Å². The number of amides is 2. The van der Waals surface area contributed by atoms with Gasteiger partial charge < -0.3 is 20.3 Å². The van der Waals surface area contributed by atoms with E-state index in [1.165, 1.54) is 62.3 Å². The number of ether oxygens (including phenoxy) is 1. The van der Waals surface area contributed by atoms with E-state index in [9.17, 15) is 9.18 Å². The van der Waals surface area contributed by atoms with E-state index in [1.807, 2.05) is 36.0 Å². The molecule has 0 bridgehead atoms. The molecule has 2 aromatic rings. The van der Waals surface area contributed by atoms with Gasteiger partial charge in [0.25, 0.3) is 0 Å². The fourth-order valence-electron chi connectivity index (χ4n) is 4.35. The van der Waals surface area contributed by atoms with E-state index in [0.29, 0.717) is 18.0 Å². The van der Waals surface area contributed by atoms with Crippen LogP contribution in [-0.2, 0) is 6.54 Å². The Bertz CT molecular complexity index is 1010. The average molecular weight is 528 g/mol. The lowest BCUT2D eigenvalue weighted by atomic mass is 10.1. The van der Waals surface area contributed by atoms with Crippen molar-refractivity contribution in [3.8, 4) is 5.75 Å². The molecule has 3 rings (SSSR count). The summed E-state index contributed by atoms with van der Waals surface area (Å²) >= 11 is 1.82. The Labute approximate surface area is 226 Å². The van der Waals surface area contributed by atoms with Crippen molar-refractivity contribution in [2.75, 3.05) is 23.1 Å². The fraction of sp³-hybridized carbons (Fsp3) is 0.500. The number of hydrogen-bond donors (Lipinski definition) is 2. The Hall–Kier alpha value is -2.67. The van der Waals surface area contributed by atoms with Gasteiger partial charge in [-0.15, -0.1) is 11.8 Å². The number of rotatable bonds is 16. The van der Waals surface area contributed by atoms with Crippen molar-refractivity contribution in [3.63, 3.8) is 0 Å². The van der Waals surface area contributed by atoms with Crippen molar-refractivity contribution in [2.45, 2.75) is 84.6 Å². The lowest BCUT2D eigenvalue weighted by molar-refractivity contribution is 0.262. The molecule has 7 heteroatoms. The number of allylic oxidation sites excluding steroid dienone is 1. The first-order valence-electron chi connectivity index (χ1n) is 13.7. The summed E-state index contributed by atoms with van der Waals surface area (Å²) in [5, 5.41) is 5.53. The molecule has 0 saturated carbocycles. The lowest BCUT2D eigenvalue weighted by Crippen LogP contribution is -2.20. The van der Waals surface area contributed by atoms with Gasteiger partial charge >= 0.3 is 6.03 Å². The zero-order chi connectivity index (χ0) is 26.3. The highest BCUT2D eigenvalue weighted by Gasteiger charge is 2.11. The van der Waals surface area contributed by atoms with Crippen LogP contribution in [-0.4, -0.2) is 23.4 Å². The summed E-state index contributed by atoms with van der Waals surface area (Å²) in [6, 6.07) is 11.9. The highest BCUT2D eigenvalue weighted by Crippen LogP contribution is 2.26. The third-order valence-corrected chi connectivity index (χ3v) is 7.36. The first-order chi connectivity index (χ1) is 18.0. The molecule has 2 aromatic carbocycles. The number of nitrogens with one attached hydrogen (secondary N) is 2. The van der Waals surface area contributed by atoms with Gasteiger partial charge in [-0.3, -0.25) is 0 Å². The topological polar surface area (TPSA) is 53.6 Å². The normalized spacial score (nSPS) is 12.9. The predicted molar refractivity (Wildman–Crippen MR) is 155 cm³/mol. The molecule has 0 radical (unpaired) electrons. The Balaban J connectivity index is 1.34. The number of hydrogen-bond acceptors (Lipinski definition) is 4. The van der Waals surface area contributed by atoms with E-state index in [0.717, 1.165) is 30.8 Å². The highest BCUT2D eigenvalue weighted by atomic mass is 32.2. The Morgan fingerprint density at radius 2 is 1.62 bits per heavy atom. The molecule has 0 saturated heterocycles. The minimum absolute atomic E-state index is 0.221. The van der Waals surface area contributed by atoms with Crippen molar-refractivity contribution in [1.29, 1.82) is 0 Å². The molecule has 1 aliphatic heterocycles. The van der Waals surface area contributed by atoms with Crippen LogP contribution >= 0.6 is 11.8 Å². The molecule has 1 heterocycles. The Morgan fingerprint density at radius 1 is 0.946 bits per heavy atom. The van der Waals surface area contributed by atoms with Crippen LogP contribution in [0.15, 0.2) is 53.6 Å². The van der Waals surface area contributed by atoms with Crippen LogP contribution < -0.4 is 15.4 Å². The van der Waals surface area contributed by atoms with Crippen LogP contribution in [0, 0.1) is 5.82 Å². The minimum atomic E-state index is -0.473. The molecule has 2 N–H and O–H groups in total. The van der Waals surface area contributed by atoms with Crippen molar-refractivity contribution < 1.29 is 13.9 Å². The van der Waals surface area contributed by atoms with Crippen molar-refractivity contribution in [3.05, 3.63) is 65.0 Å². The maximum atomic E-state index is 14.5. The second kappa shape index (κ2) is 16.2. The monoisotopic (exact) mass is 527 g/mol. The molecule has 37 heavy (non-hydrogen) atoms. The van der Waals surface area contributed by atoms with Gasteiger partial charge in [0, 0.05) is 30.2 Å². The van der Waals surface area contributed by atoms with Crippen molar-refractivity contribution in [2.24, 2.45) is 0 Å². The zero-order valence-electron chi connectivity index (χ0n) is 22.4. The molecule has 0 spiro atoms. The number of halogens is 1. The molecule has 5 nitrogen and oxygen atoms in total. The highest BCUT2D eigenvalue weighted by molar-refractivity contribution is 8.03. The van der Waals surface area contributed by atoms with Crippen molar-refractivity contribution >= 4 is 29.2 Å². The molecule has 0 unspecified atom stereocenters. The third kappa shape index (κ3) is 11.1. The quantitative estimate of drug-likeness (QED) is 0.214. The summed E-state index contributed by atoms with van der Waals surface area (Å²) < 4.78 is 20.1. The van der Waals surface area contributed by atoms with Gasteiger partial charge in [-0.05, 0) is 48.1 Å². The van der Waals surface area contributed by atoms with Gasteiger partial charge in [-0.25, -0.2) is 9.18 Å². The van der Waals surface area contributed by atoms with Gasteiger partial charge in [-0.1, -0.05) is 76.8 Å². The van der Waals surface area contributed by atoms with E-state index in [2.05, 4.69) is 35.6 Å². The van der Waals surface area contributed by atoms with E-state index >= 15 is 0 Å². The number of unbranched alkanes of at least 4 members (excludes halogenated alkanes) is 9. The zero-order valence-corrected chi connectivity index (χ0v) is 23.2. The molecule has 0 aliphatic carbocycles. The molecule has 2 amide bonds. The predicted octanol–water partition coefficient (Wildman–Crippen LogP) is 9.14. The summed E-state index contributed by atoms with van der Waals surface area (Å²) in [6.45, 7) is 5.64. The minimum Gasteiger partial charge on any atom is -0.491 e. The molecule has 0 atom stereocenters. The van der Waals surface area contributed by atoms with Gasteiger partial charge in [-0.2, -0.15) is 0 Å². The average Bonchev–Trinajstić information content (AvgIpc) is 3.28. The third-order valence-electron chi connectivity index (χ3n) is 6.34. The van der Waals surface area contributed by atoms with Gasteiger partial charge in [0.2, 0.25) is 0 Å². The summed E-state index contributed by atoms with van der Waals surface area (Å²) in [5.74, 6) is 0.687. The van der Waals surface area contributed by atoms with Crippen LogP contribution in [0.25, 0.3) is 0 Å². The van der Waals surface area contributed by atoms with E-state index < -0.39 is 11.8 Å². The van der Waals surface area contributed by atoms with E-state index in [4.69, 9.17) is 4.74 Å². The number of anilines is 2. The van der Waals surface area contributed by atoms with Crippen molar-refractivity contribution in [1.82, 2.24) is 4.90 Å². The molecule has 202 valence electrons. The molecular weight excluding hydrogens is 485 g/mol. The first kappa shape index (κ1) is 28.9. The van der Waals surface area contributed by atoms with E-state index in [-0.39, 0.29) is 5.75 Å². The van der Waals surface area contributed by atoms with Crippen LogP contribution in [0.3, 0.4) is 0 Å². The summed E-state index contributed by atoms with van der Waals surface area (Å²) in [7, 11) is 0. The molecule has 0 fully saturated rings. The number of nitrogens with zero attached hydrogens (tertiary/aromatic N) is 1. The van der Waals surface area contributed by atoms with Crippen LogP contribution in [0.5, 0.6) is 5.75 Å². The van der Waals surface area contributed by atoms with Gasteiger partial charge in [0.1, 0.15) is 0 Å². The maximum Gasteiger partial charge on any atom is 0.323 e. The first-order valence-corrected chi connectivity index (χ1v) is 14.7. The fourth-order valence-corrected chi connectivity index (χ4v) is 5.11. The summed E-state index contributed by atoms with van der Waals surface area (Å²) in [6.07, 6.45) is 14.6. The Kier molecular flexibility index (Phi) is 12.7. The molecule has 1 aliphatic rings. The van der Waals surface area contributed by atoms with E-state index in [1.54, 1.807) is 12.1 Å². The number of benzene rings is 2. The largest absolute Gasteiger partial charge is 0.491 e. The summed E-state index contributed by atoms with van der Waals surface area (Å²) in [4.78, 5) is 16.0. The van der Waals surface area contributed by atoms with Crippen LogP contribution in [0.2, 0.25) is 0 Å². The number of urea groups is 1. The molecular formula is C30H42FN3O2S. The Morgan fingerprint density at radius 3 is 2.27 bits per heavy atom. The van der Waals surface area contributed by atoms with Crippen LogP contribution in [0.1, 0.15) is 83.6 Å². The number of carbonyl (C=O) groups excluding carboxylic acids is 1. The smallest absolute Gasteiger partial charge is 0.323 e.